The molecule has 3 amide bonds. The zero-order valence-electron chi connectivity index (χ0n) is 19.6. The van der Waals surface area contributed by atoms with Gasteiger partial charge in [-0.3, -0.25) is 19.3 Å². The van der Waals surface area contributed by atoms with Gasteiger partial charge < -0.3 is 10.1 Å². The number of hydrogen-bond donors (Lipinski definition) is 1. The van der Waals surface area contributed by atoms with Gasteiger partial charge in [-0.15, -0.1) is 0 Å². The van der Waals surface area contributed by atoms with E-state index >= 15 is 0 Å². The summed E-state index contributed by atoms with van der Waals surface area (Å²) in [5, 5.41) is 3.57. The number of amides is 3. The van der Waals surface area contributed by atoms with E-state index in [1.807, 2.05) is 32.9 Å². The first-order chi connectivity index (χ1) is 16.2. The predicted molar refractivity (Wildman–Crippen MR) is 128 cm³/mol. The largest absolute Gasteiger partial charge is 0.495 e. The highest BCUT2D eigenvalue weighted by molar-refractivity contribution is 6.32. The van der Waals surface area contributed by atoms with Gasteiger partial charge in [0.1, 0.15) is 11.3 Å². The Hall–Kier alpha value is -2.90. The van der Waals surface area contributed by atoms with Crippen molar-refractivity contribution < 1.29 is 19.1 Å². The summed E-state index contributed by atoms with van der Waals surface area (Å²) in [6, 6.07) is 7.22. The fourth-order valence-corrected chi connectivity index (χ4v) is 7.04. The number of aryl methyl sites for hydroxylation is 3. The van der Waals surface area contributed by atoms with Crippen molar-refractivity contribution in [2.45, 2.75) is 45.2 Å². The molecule has 6 rings (SSSR count). The lowest BCUT2D eigenvalue weighted by Crippen LogP contribution is -2.54. The van der Waals surface area contributed by atoms with Crippen LogP contribution >= 0.6 is 11.6 Å². The summed E-state index contributed by atoms with van der Waals surface area (Å²) in [6.45, 7) is 6.46. The zero-order valence-corrected chi connectivity index (χ0v) is 20.3. The third kappa shape index (κ3) is 2.44. The summed E-state index contributed by atoms with van der Waals surface area (Å²) in [4.78, 5) is 45.4. The number of halogens is 1. The van der Waals surface area contributed by atoms with Crippen LogP contribution < -0.4 is 15.0 Å². The van der Waals surface area contributed by atoms with Crippen LogP contribution in [0.5, 0.6) is 5.75 Å². The number of hydrogen-bond acceptors (Lipinski definition) is 5. The Labute approximate surface area is 203 Å². The van der Waals surface area contributed by atoms with Gasteiger partial charge in [0.2, 0.25) is 17.7 Å². The van der Waals surface area contributed by atoms with E-state index in [4.69, 9.17) is 16.3 Å². The minimum absolute atomic E-state index is 0.164. The van der Waals surface area contributed by atoms with Crippen LogP contribution in [0, 0.1) is 32.6 Å². The van der Waals surface area contributed by atoms with Gasteiger partial charge in [-0.2, -0.15) is 0 Å². The maximum atomic E-state index is 14.2. The van der Waals surface area contributed by atoms with Crippen molar-refractivity contribution in [1.29, 1.82) is 0 Å². The molecule has 7 nitrogen and oxygen atoms in total. The number of benzene rings is 2. The number of methoxy groups -OCH3 is 1. The van der Waals surface area contributed by atoms with Crippen LogP contribution in [0.15, 0.2) is 24.3 Å². The third-order valence-corrected chi connectivity index (χ3v) is 8.55. The lowest BCUT2D eigenvalue weighted by molar-refractivity contribution is -0.135. The molecule has 4 atom stereocenters. The fraction of sp³-hybridized carbons (Fsp3) is 0.423. The van der Waals surface area contributed by atoms with E-state index in [2.05, 4.69) is 10.2 Å². The van der Waals surface area contributed by atoms with Gasteiger partial charge in [0, 0.05) is 28.4 Å². The lowest BCUT2D eigenvalue weighted by Gasteiger charge is -2.37. The first-order valence-electron chi connectivity index (χ1n) is 11.6. The number of anilines is 2. The molecule has 0 aliphatic carbocycles. The van der Waals surface area contributed by atoms with Crippen LogP contribution in [0.2, 0.25) is 5.02 Å². The van der Waals surface area contributed by atoms with Crippen LogP contribution in [-0.4, -0.2) is 42.3 Å². The van der Waals surface area contributed by atoms with Crippen LogP contribution in [0.25, 0.3) is 0 Å². The van der Waals surface area contributed by atoms with Crippen molar-refractivity contribution in [2.75, 3.05) is 23.9 Å². The number of carbonyl (C=O) groups excluding carboxylic acids is 3. The third-order valence-electron chi connectivity index (χ3n) is 8.14. The van der Waals surface area contributed by atoms with Crippen molar-refractivity contribution >= 4 is 40.7 Å². The molecule has 8 heteroatoms. The van der Waals surface area contributed by atoms with E-state index in [0.29, 0.717) is 23.0 Å². The van der Waals surface area contributed by atoms with Crippen molar-refractivity contribution in [3.63, 3.8) is 0 Å². The molecule has 1 spiro atoms. The van der Waals surface area contributed by atoms with E-state index in [9.17, 15) is 14.4 Å². The Morgan fingerprint density at radius 2 is 1.82 bits per heavy atom. The zero-order chi connectivity index (χ0) is 24.1. The average Bonchev–Trinajstić information content (AvgIpc) is 3.49. The van der Waals surface area contributed by atoms with Crippen LogP contribution in [0.1, 0.15) is 35.1 Å². The molecule has 0 saturated carbocycles. The molecular formula is C26H26ClN3O4. The van der Waals surface area contributed by atoms with Crippen molar-refractivity contribution in [2.24, 2.45) is 11.8 Å². The number of nitrogens with zero attached hydrogens (tertiary/aromatic N) is 2. The highest BCUT2D eigenvalue weighted by atomic mass is 35.5. The molecule has 0 radical (unpaired) electrons. The van der Waals surface area contributed by atoms with E-state index in [1.54, 1.807) is 12.1 Å². The molecule has 0 bridgehead atoms. The van der Waals surface area contributed by atoms with Crippen molar-refractivity contribution in [3.8, 4) is 5.75 Å². The molecule has 0 aromatic heterocycles. The molecule has 3 fully saturated rings. The number of fused-ring (bicyclic) bond motifs is 7. The van der Waals surface area contributed by atoms with E-state index in [-0.39, 0.29) is 23.8 Å². The first kappa shape index (κ1) is 21.6. The highest BCUT2D eigenvalue weighted by Crippen LogP contribution is 2.61. The van der Waals surface area contributed by atoms with Gasteiger partial charge in [-0.25, -0.2) is 4.90 Å². The van der Waals surface area contributed by atoms with Crippen molar-refractivity contribution in [3.05, 3.63) is 51.5 Å². The summed E-state index contributed by atoms with van der Waals surface area (Å²) in [5.74, 6) is -1.86. The predicted octanol–water partition coefficient (Wildman–Crippen LogP) is 3.71. The monoisotopic (exact) mass is 479 g/mol. The first-order valence-corrected chi connectivity index (χ1v) is 12.0. The smallest absolute Gasteiger partial charge is 0.250 e. The Morgan fingerprint density at radius 1 is 1.06 bits per heavy atom. The number of nitrogens with one attached hydrogen (secondary N) is 1. The second kappa shape index (κ2) is 7.06. The Kier molecular flexibility index (Phi) is 4.49. The summed E-state index contributed by atoms with van der Waals surface area (Å²) in [5.41, 5.74) is 3.50. The molecule has 4 aliphatic heterocycles. The normalized spacial score (nSPS) is 29.6. The van der Waals surface area contributed by atoms with E-state index in [1.165, 1.54) is 12.0 Å². The minimum Gasteiger partial charge on any atom is -0.495 e. The molecule has 34 heavy (non-hydrogen) atoms. The SMILES string of the molecule is COc1cc(Cl)c(C)cc1N1C(=O)C2C3CCCN3C3(C(=O)Nc4c(C)cc(C)cc43)C2C1=O. The van der Waals surface area contributed by atoms with Crippen molar-refractivity contribution in [1.82, 2.24) is 4.90 Å². The van der Waals surface area contributed by atoms with Crippen LogP contribution in [0.4, 0.5) is 11.4 Å². The van der Waals surface area contributed by atoms with Gasteiger partial charge in [0.15, 0.2) is 0 Å². The molecule has 2 aromatic rings. The van der Waals surface area contributed by atoms with E-state index in [0.717, 1.165) is 40.8 Å². The van der Waals surface area contributed by atoms with Crippen LogP contribution in [0.3, 0.4) is 0 Å². The average molecular weight is 480 g/mol. The Morgan fingerprint density at radius 3 is 2.56 bits per heavy atom. The molecule has 4 aliphatic rings. The van der Waals surface area contributed by atoms with Gasteiger partial charge in [0.05, 0.1) is 24.6 Å². The fourth-order valence-electron chi connectivity index (χ4n) is 6.88. The Balaban J connectivity index is 1.58. The topological polar surface area (TPSA) is 79.0 Å². The number of carbonyl (C=O) groups is 3. The van der Waals surface area contributed by atoms with Gasteiger partial charge in [0.25, 0.3) is 0 Å². The standard InChI is InChI=1S/C26H26ClN3O4/c1-12-8-14(3)22-15(9-12)26(25(33)28-22)21-20(17-6-5-7-29(17)26)23(31)30(24(21)32)18-10-13(2)16(27)11-19(18)34-4/h8-11,17,20-21H,5-7H2,1-4H3,(H,28,33). The van der Waals surface area contributed by atoms with Crippen LogP contribution in [-0.2, 0) is 19.9 Å². The molecule has 176 valence electrons. The number of ether oxygens (including phenoxy) is 1. The molecule has 4 heterocycles. The number of imide groups is 1. The molecular weight excluding hydrogens is 454 g/mol. The van der Waals surface area contributed by atoms with Gasteiger partial charge in [-0.1, -0.05) is 29.3 Å². The number of rotatable bonds is 2. The minimum atomic E-state index is -1.19. The second-order valence-corrected chi connectivity index (χ2v) is 10.3. The maximum Gasteiger partial charge on any atom is 0.250 e. The summed E-state index contributed by atoms with van der Waals surface area (Å²) in [7, 11) is 1.49. The maximum absolute atomic E-state index is 14.2. The molecule has 4 unspecified atom stereocenters. The summed E-state index contributed by atoms with van der Waals surface area (Å²) < 4.78 is 5.50. The van der Waals surface area contributed by atoms with Gasteiger partial charge in [-0.05, 0) is 57.4 Å². The van der Waals surface area contributed by atoms with Gasteiger partial charge >= 0.3 is 0 Å². The molecule has 3 saturated heterocycles. The molecule has 2 aromatic carbocycles. The lowest BCUT2D eigenvalue weighted by atomic mass is 9.75. The molecule has 1 N–H and O–H groups in total. The second-order valence-electron chi connectivity index (χ2n) is 9.92. The summed E-state index contributed by atoms with van der Waals surface area (Å²) >= 11 is 6.29. The Bertz CT molecular complexity index is 1310. The quantitative estimate of drug-likeness (QED) is 0.664. The summed E-state index contributed by atoms with van der Waals surface area (Å²) in [6.07, 6.45) is 1.66. The van der Waals surface area contributed by atoms with E-state index < -0.39 is 17.4 Å². The highest BCUT2D eigenvalue weighted by Gasteiger charge is 2.74.